The molecule has 1 aliphatic carbocycles. The van der Waals surface area contributed by atoms with E-state index < -0.39 is 10.2 Å². The Labute approximate surface area is 103 Å². The smallest absolute Gasteiger partial charge is 0.282 e. The molecule has 0 aromatic rings. The van der Waals surface area contributed by atoms with Crippen molar-refractivity contribution in [3.8, 4) is 0 Å². The van der Waals surface area contributed by atoms with Gasteiger partial charge in [0.25, 0.3) is 10.2 Å². The SMILES string of the molecule is NCCN(CC1CC1)S(=O)(=O)N1CC[C@@H](N)C1. The second kappa shape index (κ2) is 5.19. The normalized spacial score (nSPS) is 26.9. The predicted octanol–water partition coefficient (Wildman–Crippen LogP) is -1.07. The highest BCUT2D eigenvalue weighted by Gasteiger charge is 2.36. The van der Waals surface area contributed by atoms with Crippen LogP contribution < -0.4 is 11.5 Å². The molecule has 100 valence electrons. The lowest BCUT2D eigenvalue weighted by Crippen LogP contribution is -2.46. The van der Waals surface area contributed by atoms with Gasteiger partial charge in [-0.05, 0) is 25.2 Å². The highest BCUT2D eigenvalue weighted by Crippen LogP contribution is 2.31. The average molecular weight is 262 g/mol. The molecule has 1 aliphatic heterocycles. The van der Waals surface area contributed by atoms with Gasteiger partial charge in [0.15, 0.2) is 0 Å². The van der Waals surface area contributed by atoms with Crippen LogP contribution in [0.25, 0.3) is 0 Å². The Kier molecular flexibility index (Phi) is 4.04. The molecule has 7 heteroatoms. The van der Waals surface area contributed by atoms with Crippen LogP contribution in [0.15, 0.2) is 0 Å². The van der Waals surface area contributed by atoms with E-state index in [4.69, 9.17) is 11.5 Å². The number of nitrogens with zero attached hydrogens (tertiary/aromatic N) is 2. The summed E-state index contributed by atoms with van der Waals surface area (Å²) in [6.45, 7) is 2.37. The summed E-state index contributed by atoms with van der Waals surface area (Å²) in [7, 11) is -3.34. The van der Waals surface area contributed by atoms with Gasteiger partial charge >= 0.3 is 0 Å². The molecule has 1 heterocycles. The summed E-state index contributed by atoms with van der Waals surface area (Å²) in [5.74, 6) is 0.535. The lowest BCUT2D eigenvalue weighted by Gasteiger charge is -2.26. The van der Waals surface area contributed by atoms with E-state index in [1.807, 2.05) is 0 Å². The lowest BCUT2D eigenvalue weighted by atomic mass is 10.3. The maximum atomic E-state index is 12.4. The van der Waals surface area contributed by atoms with Crippen molar-refractivity contribution < 1.29 is 8.42 Å². The van der Waals surface area contributed by atoms with E-state index in [0.29, 0.717) is 38.6 Å². The topological polar surface area (TPSA) is 92.7 Å². The molecule has 2 aliphatic rings. The molecule has 1 saturated carbocycles. The van der Waals surface area contributed by atoms with Gasteiger partial charge in [-0.2, -0.15) is 17.0 Å². The summed E-state index contributed by atoms with van der Waals surface area (Å²) in [4.78, 5) is 0. The Bertz CT molecular complexity index is 355. The Morgan fingerprint density at radius 3 is 2.47 bits per heavy atom. The number of nitrogens with two attached hydrogens (primary N) is 2. The molecule has 2 fully saturated rings. The van der Waals surface area contributed by atoms with Crippen LogP contribution in [0.3, 0.4) is 0 Å². The van der Waals surface area contributed by atoms with E-state index >= 15 is 0 Å². The Balaban J connectivity index is 2.03. The van der Waals surface area contributed by atoms with Crippen LogP contribution in [0.4, 0.5) is 0 Å². The molecule has 0 aromatic heterocycles. The summed E-state index contributed by atoms with van der Waals surface area (Å²) in [6.07, 6.45) is 3.02. The highest BCUT2D eigenvalue weighted by atomic mass is 32.2. The van der Waals surface area contributed by atoms with Gasteiger partial charge in [0.2, 0.25) is 0 Å². The van der Waals surface area contributed by atoms with E-state index in [-0.39, 0.29) is 6.04 Å². The average Bonchev–Trinajstić information content (AvgIpc) is 2.98. The third-order valence-corrected chi connectivity index (χ3v) is 5.35. The Morgan fingerprint density at radius 1 is 1.29 bits per heavy atom. The Morgan fingerprint density at radius 2 is 2.00 bits per heavy atom. The second-order valence-corrected chi connectivity index (χ2v) is 6.93. The minimum absolute atomic E-state index is 0.0228. The third-order valence-electron chi connectivity index (χ3n) is 3.38. The fourth-order valence-corrected chi connectivity index (χ4v) is 3.94. The molecule has 1 atom stereocenters. The minimum Gasteiger partial charge on any atom is -0.329 e. The fraction of sp³-hybridized carbons (Fsp3) is 1.00. The maximum Gasteiger partial charge on any atom is 0.282 e. The Hall–Kier alpha value is -0.210. The van der Waals surface area contributed by atoms with Gasteiger partial charge in [0, 0.05) is 38.8 Å². The van der Waals surface area contributed by atoms with Crippen molar-refractivity contribution in [1.82, 2.24) is 8.61 Å². The van der Waals surface area contributed by atoms with Gasteiger partial charge in [0.05, 0.1) is 0 Å². The lowest BCUT2D eigenvalue weighted by molar-refractivity contribution is 0.353. The van der Waals surface area contributed by atoms with Crippen molar-refractivity contribution in [3.63, 3.8) is 0 Å². The summed E-state index contributed by atoms with van der Waals surface area (Å²) < 4.78 is 27.8. The zero-order chi connectivity index (χ0) is 12.5. The highest BCUT2D eigenvalue weighted by molar-refractivity contribution is 7.86. The summed E-state index contributed by atoms with van der Waals surface area (Å²) in [6, 6.07) is -0.0228. The summed E-state index contributed by atoms with van der Waals surface area (Å²) >= 11 is 0. The molecule has 0 unspecified atom stereocenters. The molecule has 0 spiro atoms. The van der Waals surface area contributed by atoms with Gasteiger partial charge in [-0.3, -0.25) is 0 Å². The molecule has 17 heavy (non-hydrogen) atoms. The first-order valence-electron chi connectivity index (χ1n) is 6.25. The largest absolute Gasteiger partial charge is 0.329 e. The van der Waals surface area contributed by atoms with Gasteiger partial charge in [-0.25, -0.2) is 0 Å². The standard InChI is InChI=1S/C10H22N4O2S/c11-4-6-14(7-9-1-2-9)17(15,16)13-5-3-10(12)8-13/h9-10H,1-8,11-12H2/t10-/m1/s1. The first kappa shape index (κ1) is 13.2. The van der Waals surface area contributed by atoms with E-state index in [1.54, 1.807) is 0 Å². The minimum atomic E-state index is -3.34. The van der Waals surface area contributed by atoms with Gasteiger partial charge in [-0.1, -0.05) is 0 Å². The van der Waals surface area contributed by atoms with Gasteiger partial charge in [0.1, 0.15) is 0 Å². The summed E-state index contributed by atoms with van der Waals surface area (Å²) in [5.41, 5.74) is 11.3. The molecule has 6 nitrogen and oxygen atoms in total. The first-order valence-corrected chi connectivity index (χ1v) is 7.64. The molecular weight excluding hydrogens is 240 g/mol. The molecule has 0 aromatic carbocycles. The van der Waals surface area contributed by atoms with Crippen LogP contribution >= 0.6 is 0 Å². The molecule has 4 N–H and O–H groups in total. The predicted molar refractivity (Wildman–Crippen MR) is 66.4 cm³/mol. The van der Waals surface area contributed by atoms with E-state index in [1.165, 1.54) is 8.61 Å². The number of rotatable bonds is 6. The molecule has 2 rings (SSSR count). The molecule has 0 bridgehead atoms. The maximum absolute atomic E-state index is 12.4. The van der Waals surface area contributed by atoms with Crippen LogP contribution in [0.1, 0.15) is 19.3 Å². The van der Waals surface area contributed by atoms with Crippen LogP contribution in [0.2, 0.25) is 0 Å². The van der Waals surface area contributed by atoms with E-state index in [2.05, 4.69) is 0 Å². The van der Waals surface area contributed by atoms with Crippen molar-refractivity contribution >= 4 is 10.2 Å². The van der Waals surface area contributed by atoms with Crippen LogP contribution in [0.5, 0.6) is 0 Å². The van der Waals surface area contributed by atoms with Crippen molar-refractivity contribution in [2.45, 2.75) is 25.3 Å². The fourth-order valence-electron chi connectivity index (χ4n) is 2.16. The van der Waals surface area contributed by atoms with Gasteiger partial charge < -0.3 is 11.5 Å². The number of hydrogen-bond donors (Lipinski definition) is 2. The second-order valence-electron chi connectivity index (χ2n) is 5.00. The van der Waals surface area contributed by atoms with Crippen LogP contribution in [0, 0.1) is 5.92 Å². The molecule has 1 saturated heterocycles. The first-order chi connectivity index (χ1) is 8.04. The number of hydrogen-bond acceptors (Lipinski definition) is 4. The quantitative estimate of drug-likeness (QED) is 0.638. The van der Waals surface area contributed by atoms with Crippen molar-refractivity contribution in [3.05, 3.63) is 0 Å². The van der Waals surface area contributed by atoms with Crippen molar-refractivity contribution in [1.29, 1.82) is 0 Å². The van der Waals surface area contributed by atoms with Crippen molar-refractivity contribution in [2.24, 2.45) is 17.4 Å². The van der Waals surface area contributed by atoms with E-state index in [0.717, 1.165) is 19.3 Å². The monoisotopic (exact) mass is 262 g/mol. The van der Waals surface area contributed by atoms with Crippen LogP contribution in [-0.2, 0) is 10.2 Å². The van der Waals surface area contributed by atoms with Crippen LogP contribution in [-0.4, -0.2) is 55.8 Å². The zero-order valence-corrected chi connectivity index (χ0v) is 10.9. The molecular formula is C10H22N4O2S. The molecule has 0 amide bonds. The molecule has 0 radical (unpaired) electrons. The summed E-state index contributed by atoms with van der Waals surface area (Å²) in [5, 5.41) is 0. The van der Waals surface area contributed by atoms with Crippen molar-refractivity contribution in [2.75, 3.05) is 32.7 Å². The zero-order valence-electron chi connectivity index (χ0n) is 10.1. The third kappa shape index (κ3) is 3.17. The van der Waals surface area contributed by atoms with E-state index in [9.17, 15) is 8.42 Å². The van der Waals surface area contributed by atoms with Gasteiger partial charge in [-0.15, -0.1) is 0 Å².